The van der Waals surface area contributed by atoms with Gasteiger partial charge in [-0.1, -0.05) is 0 Å². The highest BCUT2D eigenvalue weighted by Gasteiger charge is 2.31. The number of rotatable bonds is 20. The standard InChI is InChI=1S/C21H40N12O7/c22-10(3-1-7-29-20(25)26)16(36)33-13(9-15(24)35)18(38)31-11(4-2-8-30-21(27)28)17(37)32-12(19(39)40)5-6-14(23)34/h10-13H,1-9,22H2,(H2,23,34)(H2,24,35)(H,31,38)(H,32,37)(H,33,36)(H,39,40)(H4,25,26,29)(H4,27,28,30). The van der Waals surface area contributed by atoms with Crippen molar-refractivity contribution in [2.24, 2.45) is 50.1 Å². The number of amides is 5. The van der Waals surface area contributed by atoms with E-state index in [4.69, 9.17) is 40.1 Å². The van der Waals surface area contributed by atoms with E-state index in [1.165, 1.54) is 0 Å². The van der Waals surface area contributed by atoms with Gasteiger partial charge in [-0.2, -0.15) is 0 Å². The molecule has 0 aliphatic rings. The average molecular weight is 573 g/mol. The van der Waals surface area contributed by atoms with Crippen LogP contribution in [0.4, 0.5) is 0 Å². The number of hydrogen-bond acceptors (Lipinski definition) is 9. The Morgan fingerprint density at radius 1 is 0.625 bits per heavy atom. The molecule has 0 fully saturated rings. The molecule has 4 atom stereocenters. The number of nitrogens with zero attached hydrogens (tertiary/aromatic N) is 2. The lowest BCUT2D eigenvalue weighted by Gasteiger charge is -2.24. The minimum atomic E-state index is -1.51. The van der Waals surface area contributed by atoms with E-state index in [9.17, 15) is 33.9 Å². The minimum absolute atomic E-state index is 0.0714. The van der Waals surface area contributed by atoms with Gasteiger partial charge in [-0.25, -0.2) is 4.79 Å². The van der Waals surface area contributed by atoms with Gasteiger partial charge in [-0.3, -0.25) is 34.0 Å². The fourth-order valence-electron chi connectivity index (χ4n) is 3.20. The van der Waals surface area contributed by atoms with E-state index in [-0.39, 0.29) is 57.1 Å². The SMILES string of the molecule is NC(=O)CCC(NC(=O)C(CCCN=C(N)N)NC(=O)C(CC(N)=O)NC(=O)C(N)CCCN=C(N)N)C(=O)O. The highest BCUT2D eigenvalue weighted by Crippen LogP contribution is 2.05. The number of hydrogen-bond donors (Lipinski definition) is 11. The van der Waals surface area contributed by atoms with Crippen LogP contribution in [0.2, 0.25) is 0 Å². The van der Waals surface area contributed by atoms with E-state index < -0.39 is 66.1 Å². The molecule has 40 heavy (non-hydrogen) atoms. The molecule has 19 heteroatoms. The second-order valence-corrected chi connectivity index (χ2v) is 8.70. The summed E-state index contributed by atoms with van der Waals surface area (Å²) in [6.45, 7) is 0.282. The first-order chi connectivity index (χ1) is 18.6. The Hall–Kier alpha value is -4.68. The Balaban J connectivity index is 5.61. The van der Waals surface area contributed by atoms with Crippen LogP contribution in [0.15, 0.2) is 9.98 Å². The number of nitrogens with two attached hydrogens (primary N) is 7. The zero-order valence-electron chi connectivity index (χ0n) is 22.0. The first-order valence-electron chi connectivity index (χ1n) is 12.2. The topological polar surface area (TPSA) is 366 Å². The molecule has 0 rings (SSSR count). The maximum absolute atomic E-state index is 13.0. The van der Waals surface area contributed by atoms with E-state index >= 15 is 0 Å². The third-order valence-corrected chi connectivity index (χ3v) is 5.21. The molecular formula is C21H40N12O7. The molecule has 0 saturated heterocycles. The van der Waals surface area contributed by atoms with Gasteiger partial charge < -0.3 is 61.2 Å². The first kappa shape index (κ1) is 35.3. The Morgan fingerprint density at radius 2 is 1.10 bits per heavy atom. The lowest BCUT2D eigenvalue weighted by Crippen LogP contribution is -2.57. The van der Waals surface area contributed by atoms with Crippen LogP contribution in [0.25, 0.3) is 0 Å². The van der Waals surface area contributed by atoms with Gasteiger partial charge in [-0.05, 0) is 32.1 Å². The molecule has 5 amide bonds. The van der Waals surface area contributed by atoms with Gasteiger partial charge in [0.2, 0.25) is 29.5 Å². The number of guanidine groups is 2. The Morgan fingerprint density at radius 3 is 1.57 bits per heavy atom. The first-order valence-corrected chi connectivity index (χ1v) is 12.2. The van der Waals surface area contributed by atoms with Gasteiger partial charge in [0, 0.05) is 19.5 Å². The van der Waals surface area contributed by atoms with Gasteiger partial charge in [0.15, 0.2) is 11.9 Å². The summed E-state index contributed by atoms with van der Waals surface area (Å²) in [5, 5.41) is 16.3. The van der Waals surface area contributed by atoms with E-state index in [0.29, 0.717) is 6.42 Å². The van der Waals surface area contributed by atoms with Crippen LogP contribution in [0.3, 0.4) is 0 Å². The summed E-state index contributed by atoms with van der Waals surface area (Å²) in [6.07, 6.45) is -0.662. The van der Waals surface area contributed by atoms with Gasteiger partial charge >= 0.3 is 5.97 Å². The summed E-state index contributed by atoms with van der Waals surface area (Å²) in [7, 11) is 0. The molecule has 0 aromatic heterocycles. The number of aliphatic carboxylic acids is 1. The predicted molar refractivity (Wildman–Crippen MR) is 143 cm³/mol. The van der Waals surface area contributed by atoms with Crippen LogP contribution in [0, 0.1) is 0 Å². The Labute approximate surface area is 230 Å². The average Bonchev–Trinajstić information content (AvgIpc) is 2.84. The summed E-state index contributed by atoms with van der Waals surface area (Å²) < 4.78 is 0. The minimum Gasteiger partial charge on any atom is -0.480 e. The monoisotopic (exact) mass is 572 g/mol. The van der Waals surface area contributed by atoms with Crippen molar-refractivity contribution in [1.82, 2.24) is 16.0 Å². The molecule has 0 bridgehead atoms. The summed E-state index contributed by atoms with van der Waals surface area (Å²) in [5.74, 6) is -6.15. The van der Waals surface area contributed by atoms with Gasteiger partial charge in [0.25, 0.3) is 0 Å². The van der Waals surface area contributed by atoms with Crippen molar-refractivity contribution in [2.45, 2.75) is 69.1 Å². The Kier molecular flexibility index (Phi) is 16.4. The number of carboxylic acids is 1. The molecule has 0 aliphatic carbocycles. The molecule has 0 spiro atoms. The van der Waals surface area contributed by atoms with Crippen molar-refractivity contribution < 1.29 is 33.9 Å². The molecule has 226 valence electrons. The van der Waals surface area contributed by atoms with Crippen LogP contribution in [-0.2, 0) is 28.8 Å². The van der Waals surface area contributed by atoms with Gasteiger partial charge in [-0.15, -0.1) is 0 Å². The van der Waals surface area contributed by atoms with E-state index in [2.05, 4.69) is 25.9 Å². The number of nitrogens with one attached hydrogen (secondary N) is 3. The fraction of sp³-hybridized carbons (Fsp3) is 0.619. The lowest BCUT2D eigenvalue weighted by atomic mass is 10.1. The number of primary amides is 2. The molecule has 0 radical (unpaired) electrons. The number of carbonyl (C=O) groups excluding carboxylic acids is 5. The molecule has 0 saturated carbocycles. The van der Waals surface area contributed by atoms with Crippen molar-refractivity contribution >= 4 is 47.4 Å². The zero-order valence-corrected chi connectivity index (χ0v) is 22.0. The van der Waals surface area contributed by atoms with Crippen molar-refractivity contribution in [3.63, 3.8) is 0 Å². The van der Waals surface area contributed by atoms with Crippen molar-refractivity contribution in [1.29, 1.82) is 0 Å². The maximum Gasteiger partial charge on any atom is 0.326 e. The molecular weight excluding hydrogens is 532 g/mol. The van der Waals surface area contributed by atoms with Crippen molar-refractivity contribution in [2.75, 3.05) is 13.1 Å². The molecule has 18 N–H and O–H groups in total. The number of carboxylic acid groups (broad SMARTS) is 1. The van der Waals surface area contributed by atoms with Gasteiger partial charge in [0.05, 0.1) is 12.5 Å². The zero-order chi connectivity index (χ0) is 30.8. The van der Waals surface area contributed by atoms with Crippen molar-refractivity contribution in [3.05, 3.63) is 0 Å². The van der Waals surface area contributed by atoms with E-state index in [1.54, 1.807) is 0 Å². The predicted octanol–water partition coefficient (Wildman–Crippen LogP) is -5.90. The Bertz CT molecular complexity index is 964. The molecule has 4 unspecified atom stereocenters. The third-order valence-electron chi connectivity index (χ3n) is 5.21. The number of aliphatic imine (C=N–C) groups is 2. The third kappa shape index (κ3) is 16.2. The second-order valence-electron chi connectivity index (χ2n) is 8.70. The van der Waals surface area contributed by atoms with Crippen LogP contribution in [0.1, 0.15) is 44.9 Å². The van der Waals surface area contributed by atoms with E-state index in [0.717, 1.165) is 0 Å². The summed E-state index contributed by atoms with van der Waals surface area (Å²) in [5.41, 5.74) is 37.1. The molecule has 0 aliphatic heterocycles. The van der Waals surface area contributed by atoms with Crippen LogP contribution >= 0.6 is 0 Å². The highest BCUT2D eigenvalue weighted by atomic mass is 16.4. The quantitative estimate of drug-likeness (QED) is 0.0369. The number of carbonyl (C=O) groups is 6. The van der Waals surface area contributed by atoms with Crippen molar-refractivity contribution in [3.8, 4) is 0 Å². The van der Waals surface area contributed by atoms with Crippen LogP contribution in [0.5, 0.6) is 0 Å². The highest BCUT2D eigenvalue weighted by molar-refractivity contribution is 5.96. The second kappa shape index (κ2) is 18.6. The van der Waals surface area contributed by atoms with Gasteiger partial charge in [0.1, 0.15) is 18.1 Å². The van der Waals surface area contributed by atoms with E-state index in [1.807, 2.05) is 0 Å². The summed E-state index contributed by atoms with van der Waals surface area (Å²) in [4.78, 5) is 80.2. The largest absolute Gasteiger partial charge is 0.480 e. The van der Waals surface area contributed by atoms with Crippen LogP contribution in [-0.4, -0.2) is 89.8 Å². The summed E-state index contributed by atoms with van der Waals surface area (Å²) in [6, 6.07) is -5.43. The lowest BCUT2D eigenvalue weighted by molar-refractivity contribution is -0.142. The molecule has 19 nitrogen and oxygen atoms in total. The normalized spacial score (nSPS) is 13.4. The smallest absolute Gasteiger partial charge is 0.326 e. The fourth-order valence-corrected chi connectivity index (χ4v) is 3.20. The maximum atomic E-state index is 13.0. The summed E-state index contributed by atoms with van der Waals surface area (Å²) >= 11 is 0. The molecule has 0 aromatic carbocycles. The molecule has 0 aromatic rings. The molecule has 0 heterocycles. The van der Waals surface area contributed by atoms with Crippen LogP contribution < -0.4 is 56.1 Å².